The van der Waals surface area contributed by atoms with E-state index in [0.29, 0.717) is 5.95 Å². The van der Waals surface area contributed by atoms with Crippen LogP contribution in [0.4, 0.5) is 17.5 Å². The van der Waals surface area contributed by atoms with Crippen LogP contribution in [0.15, 0.2) is 34.8 Å². The fourth-order valence-electron chi connectivity index (χ4n) is 1.63. The second-order valence-electron chi connectivity index (χ2n) is 4.28. The smallest absolute Gasteiger partial charge is 0.224 e. The number of hydrogen-bond acceptors (Lipinski definition) is 4. The molecule has 0 radical (unpaired) electrons. The minimum Gasteiger partial charge on any atom is -0.354 e. The Morgan fingerprint density at radius 1 is 1.16 bits per heavy atom. The molecule has 19 heavy (non-hydrogen) atoms. The van der Waals surface area contributed by atoms with E-state index in [9.17, 15) is 0 Å². The van der Waals surface area contributed by atoms with E-state index >= 15 is 0 Å². The van der Waals surface area contributed by atoms with Crippen LogP contribution >= 0.6 is 15.9 Å². The van der Waals surface area contributed by atoms with Gasteiger partial charge >= 0.3 is 0 Å². The summed E-state index contributed by atoms with van der Waals surface area (Å²) in [6.07, 6.45) is 1.05. The van der Waals surface area contributed by atoms with Gasteiger partial charge in [0.2, 0.25) is 5.95 Å². The van der Waals surface area contributed by atoms with E-state index in [0.717, 1.165) is 34.6 Å². The quantitative estimate of drug-likeness (QED) is 0.870. The van der Waals surface area contributed by atoms with Crippen LogP contribution in [0.2, 0.25) is 0 Å². The lowest BCUT2D eigenvalue weighted by Crippen LogP contribution is -2.06. The first kappa shape index (κ1) is 13.8. The third-order valence-corrected chi connectivity index (χ3v) is 3.03. The second-order valence-corrected chi connectivity index (χ2v) is 5.19. The number of rotatable bonds is 5. The number of aromatic nitrogens is 2. The molecule has 0 unspecified atom stereocenters. The minimum atomic E-state index is 0.668. The van der Waals surface area contributed by atoms with E-state index in [1.807, 2.05) is 37.3 Å². The van der Waals surface area contributed by atoms with E-state index in [4.69, 9.17) is 0 Å². The Balaban J connectivity index is 2.15. The van der Waals surface area contributed by atoms with E-state index in [1.54, 1.807) is 0 Å². The third-order valence-electron chi connectivity index (χ3n) is 2.50. The van der Waals surface area contributed by atoms with Gasteiger partial charge < -0.3 is 10.6 Å². The first-order valence-electron chi connectivity index (χ1n) is 6.29. The molecule has 0 aliphatic heterocycles. The average Bonchev–Trinajstić information content (AvgIpc) is 2.38. The Bertz CT molecular complexity index is 540. The fraction of sp³-hybridized carbons (Fsp3) is 0.286. The van der Waals surface area contributed by atoms with Crippen LogP contribution in [0.25, 0.3) is 0 Å². The van der Waals surface area contributed by atoms with Crippen molar-refractivity contribution >= 4 is 33.4 Å². The number of anilines is 3. The molecular weight excluding hydrogens is 304 g/mol. The standard InChI is InChI=1S/C14H17BrN4/c1-3-8-16-14-17-10(2)9-13(19-14)18-12-6-4-11(15)5-7-12/h4-7,9H,3,8H2,1-2H3,(H2,16,17,18,19). The summed E-state index contributed by atoms with van der Waals surface area (Å²) >= 11 is 3.42. The maximum Gasteiger partial charge on any atom is 0.224 e. The largest absolute Gasteiger partial charge is 0.354 e. The van der Waals surface area contributed by atoms with Gasteiger partial charge in [-0.1, -0.05) is 22.9 Å². The summed E-state index contributed by atoms with van der Waals surface area (Å²) in [5, 5.41) is 6.48. The van der Waals surface area contributed by atoms with Gasteiger partial charge in [-0.3, -0.25) is 0 Å². The van der Waals surface area contributed by atoms with Gasteiger partial charge in [0.15, 0.2) is 0 Å². The lowest BCUT2D eigenvalue weighted by molar-refractivity contribution is 0.947. The van der Waals surface area contributed by atoms with Crippen LogP contribution in [0.5, 0.6) is 0 Å². The van der Waals surface area contributed by atoms with Gasteiger partial charge in [-0.2, -0.15) is 4.98 Å². The molecule has 0 saturated heterocycles. The molecule has 2 aromatic rings. The molecule has 0 amide bonds. The number of nitrogens with zero attached hydrogens (tertiary/aromatic N) is 2. The van der Waals surface area contributed by atoms with Gasteiger partial charge in [-0.05, 0) is 37.6 Å². The molecule has 5 heteroatoms. The van der Waals surface area contributed by atoms with E-state index < -0.39 is 0 Å². The normalized spacial score (nSPS) is 10.3. The van der Waals surface area contributed by atoms with Crippen LogP contribution < -0.4 is 10.6 Å². The molecule has 2 N–H and O–H groups in total. The average molecular weight is 321 g/mol. The van der Waals surface area contributed by atoms with Gasteiger partial charge in [0.1, 0.15) is 5.82 Å². The molecular formula is C14H17BrN4. The molecule has 1 aromatic heterocycles. The summed E-state index contributed by atoms with van der Waals surface area (Å²) in [6, 6.07) is 9.92. The van der Waals surface area contributed by atoms with Crippen molar-refractivity contribution in [3.05, 3.63) is 40.5 Å². The number of aryl methyl sites for hydroxylation is 1. The second kappa shape index (κ2) is 6.52. The van der Waals surface area contributed by atoms with Crippen LogP contribution in [0.1, 0.15) is 19.0 Å². The zero-order chi connectivity index (χ0) is 13.7. The minimum absolute atomic E-state index is 0.668. The SMILES string of the molecule is CCCNc1nc(C)cc(Nc2ccc(Br)cc2)n1. The monoisotopic (exact) mass is 320 g/mol. The molecule has 0 saturated carbocycles. The predicted molar refractivity (Wildman–Crippen MR) is 83.0 cm³/mol. The van der Waals surface area contributed by atoms with Crippen molar-refractivity contribution in [3.63, 3.8) is 0 Å². The van der Waals surface area contributed by atoms with Crippen LogP contribution in [0, 0.1) is 6.92 Å². The fourth-order valence-corrected chi connectivity index (χ4v) is 1.89. The Labute approximate surface area is 121 Å². The van der Waals surface area contributed by atoms with Gasteiger partial charge in [-0.25, -0.2) is 4.98 Å². The van der Waals surface area contributed by atoms with E-state index in [2.05, 4.69) is 43.5 Å². The molecule has 0 aliphatic rings. The zero-order valence-electron chi connectivity index (χ0n) is 11.1. The number of nitrogens with one attached hydrogen (secondary N) is 2. The van der Waals surface area contributed by atoms with Gasteiger partial charge in [0.05, 0.1) is 0 Å². The molecule has 0 bridgehead atoms. The Morgan fingerprint density at radius 3 is 2.58 bits per heavy atom. The first-order chi connectivity index (χ1) is 9.17. The van der Waals surface area contributed by atoms with Crippen molar-refractivity contribution in [1.82, 2.24) is 9.97 Å². The van der Waals surface area contributed by atoms with E-state index in [1.165, 1.54) is 0 Å². The summed E-state index contributed by atoms with van der Waals surface area (Å²) in [5.74, 6) is 1.47. The Kier molecular flexibility index (Phi) is 4.74. The summed E-state index contributed by atoms with van der Waals surface area (Å²) in [5.41, 5.74) is 1.94. The third kappa shape index (κ3) is 4.21. The zero-order valence-corrected chi connectivity index (χ0v) is 12.7. The van der Waals surface area contributed by atoms with Crippen LogP contribution in [-0.4, -0.2) is 16.5 Å². The van der Waals surface area contributed by atoms with Gasteiger partial charge in [0, 0.05) is 28.5 Å². The van der Waals surface area contributed by atoms with Crippen LogP contribution in [0.3, 0.4) is 0 Å². The van der Waals surface area contributed by atoms with Gasteiger partial charge in [0.25, 0.3) is 0 Å². The molecule has 0 aliphatic carbocycles. The highest BCUT2D eigenvalue weighted by Crippen LogP contribution is 2.19. The molecule has 1 heterocycles. The molecule has 2 rings (SSSR count). The van der Waals surface area contributed by atoms with Crippen LogP contribution in [-0.2, 0) is 0 Å². The highest BCUT2D eigenvalue weighted by atomic mass is 79.9. The lowest BCUT2D eigenvalue weighted by atomic mass is 10.3. The lowest BCUT2D eigenvalue weighted by Gasteiger charge is -2.09. The molecule has 100 valence electrons. The Morgan fingerprint density at radius 2 is 1.89 bits per heavy atom. The summed E-state index contributed by atoms with van der Waals surface area (Å²) in [6.45, 7) is 4.95. The number of halogens is 1. The summed E-state index contributed by atoms with van der Waals surface area (Å²) in [7, 11) is 0. The van der Waals surface area contributed by atoms with Crippen molar-refractivity contribution < 1.29 is 0 Å². The Hall–Kier alpha value is -1.62. The maximum atomic E-state index is 4.44. The molecule has 1 aromatic carbocycles. The summed E-state index contributed by atoms with van der Waals surface area (Å²) in [4.78, 5) is 8.80. The number of benzene rings is 1. The first-order valence-corrected chi connectivity index (χ1v) is 7.09. The number of hydrogen-bond donors (Lipinski definition) is 2. The molecule has 4 nitrogen and oxygen atoms in total. The van der Waals surface area contributed by atoms with Crippen molar-refractivity contribution in [2.24, 2.45) is 0 Å². The molecule has 0 fully saturated rings. The maximum absolute atomic E-state index is 4.44. The van der Waals surface area contributed by atoms with Crippen molar-refractivity contribution in [1.29, 1.82) is 0 Å². The van der Waals surface area contributed by atoms with Crippen molar-refractivity contribution in [2.45, 2.75) is 20.3 Å². The van der Waals surface area contributed by atoms with E-state index in [-0.39, 0.29) is 0 Å². The predicted octanol–water partition coefficient (Wildman–Crippen LogP) is 4.11. The van der Waals surface area contributed by atoms with Gasteiger partial charge in [-0.15, -0.1) is 0 Å². The highest BCUT2D eigenvalue weighted by Gasteiger charge is 2.02. The molecule has 0 spiro atoms. The van der Waals surface area contributed by atoms with Crippen molar-refractivity contribution in [2.75, 3.05) is 17.2 Å². The topological polar surface area (TPSA) is 49.8 Å². The highest BCUT2D eigenvalue weighted by molar-refractivity contribution is 9.10. The van der Waals surface area contributed by atoms with Crippen molar-refractivity contribution in [3.8, 4) is 0 Å². The summed E-state index contributed by atoms with van der Waals surface area (Å²) < 4.78 is 1.06. The molecule has 0 atom stereocenters.